The number of amides is 1. The summed E-state index contributed by atoms with van der Waals surface area (Å²) in [5.41, 5.74) is 0.958. The van der Waals surface area contributed by atoms with Gasteiger partial charge in [-0.15, -0.1) is 0 Å². The Morgan fingerprint density at radius 2 is 1.74 bits per heavy atom. The molecule has 0 unspecified atom stereocenters. The van der Waals surface area contributed by atoms with Crippen molar-refractivity contribution < 1.29 is 22.7 Å². The van der Waals surface area contributed by atoms with E-state index in [0.717, 1.165) is 5.56 Å². The van der Waals surface area contributed by atoms with Gasteiger partial charge in [0.2, 0.25) is 0 Å². The van der Waals surface area contributed by atoms with Gasteiger partial charge in [-0.25, -0.2) is 8.42 Å². The fraction of sp³-hybridized carbons (Fsp3) is 0.350. The first-order chi connectivity index (χ1) is 13.0. The predicted molar refractivity (Wildman–Crippen MR) is 103 cm³/mol. The van der Waals surface area contributed by atoms with E-state index in [9.17, 15) is 13.2 Å². The zero-order valence-corrected chi connectivity index (χ0v) is 16.0. The number of hydrogen-bond donors (Lipinski definition) is 0. The molecular formula is C20H23NO5S. The van der Waals surface area contributed by atoms with Crippen molar-refractivity contribution in [2.45, 2.75) is 19.0 Å². The minimum atomic E-state index is -3.09. The van der Waals surface area contributed by atoms with E-state index in [1.165, 1.54) is 0 Å². The molecule has 7 heteroatoms. The number of carbonyl (C=O) groups excluding carboxylic acids is 1. The molecule has 1 aliphatic rings. The zero-order chi connectivity index (χ0) is 19.3. The van der Waals surface area contributed by atoms with Gasteiger partial charge in [-0.1, -0.05) is 30.3 Å². The highest BCUT2D eigenvalue weighted by atomic mass is 32.2. The smallest absolute Gasteiger partial charge is 0.261 e. The van der Waals surface area contributed by atoms with Gasteiger partial charge in [0.05, 0.1) is 18.6 Å². The molecule has 0 aliphatic carbocycles. The normalized spacial score (nSPS) is 18.0. The summed E-state index contributed by atoms with van der Waals surface area (Å²) in [5.74, 6) is 1.17. The maximum atomic E-state index is 12.8. The van der Waals surface area contributed by atoms with Crippen molar-refractivity contribution in [1.29, 1.82) is 0 Å². The molecule has 0 aromatic heterocycles. The Bertz CT molecular complexity index is 865. The first-order valence-electron chi connectivity index (χ1n) is 8.77. The van der Waals surface area contributed by atoms with Crippen LogP contribution in [0.4, 0.5) is 0 Å². The van der Waals surface area contributed by atoms with E-state index in [1.807, 2.05) is 30.3 Å². The average Bonchev–Trinajstić information content (AvgIpc) is 3.05. The number of carbonyl (C=O) groups is 1. The second kappa shape index (κ2) is 8.43. The Morgan fingerprint density at radius 3 is 2.33 bits per heavy atom. The molecule has 27 heavy (non-hydrogen) atoms. The van der Waals surface area contributed by atoms with Crippen molar-refractivity contribution in [3.05, 3.63) is 60.2 Å². The quantitative estimate of drug-likeness (QED) is 0.726. The molecular weight excluding hydrogens is 366 g/mol. The highest BCUT2D eigenvalue weighted by Crippen LogP contribution is 2.21. The molecule has 0 N–H and O–H groups in total. The number of benzene rings is 2. The maximum Gasteiger partial charge on any atom is 0.261 e. The molecule has 1 heterocycles. The second-order valence-corrected chi connectivity index (χ2v) is 8.76. The predicted octanol–water partition coefficient (Wildman–Crippen LogP) is 2.29. The first kappa shape index (κ1) is 19.2. The lowest BCUT2D eigenvalue weighted by atomic mass is 10.1. The molecule has 0 spiro atoms. The second-order valence-electron chi connectivity index (χ2n) is 6.53. The van der Waals surface area contributed by atoms with Gasteiger partial charge in [-0.3, -0.25) is 4.79 Å². The van der Waals surface area contributed by atoms with Crippen molar-refractivity contribution in [1.82, 2.24) is 4.90 Å². The molecule has 0 radical (unpaired) electrons. The fourth-order valence-corrected chi connectivity index (χ4v) is 4.85. The molecule has 1 saturated heterocycles. The summed E-state index contributed by atoms with van der Waals surface area (Å²) in [5, 5.41) is 0. The third kappa shape index (κ3) is 5.23. The number of rotatable bonds is 7. The van der Waals surface area contributed by atoms with E-state index in [4.69, 9.17) is 9.47 Å². The summed E-state index contributed by atoms with van der Waals surface area (Å²) >= 11 is 0. The van der Waals surface area contributed by atoms with Gasteiger partial charge in [0.15, 0.2) is 16.4 Å². The van der Waals surface area contributed by atoms with E-state index >= 15 is 0 Å². The summed E-state index contributed by atoms with van der Waals surface area (Å²) in [7, 11) is -1.51. The van der Waals surface area contributed by atoms with Gasteiger partial charge in [0, 0.05) is 12.6 Å². The molecule has 1 aliphatic heterocycles. The van der Waals surface area contributed by atoms with Gasteiger partial charge in [0.1, 0.15) is 11.5 Å². The van der Waals surface area contributed by atoms with Crippen LogP contribution in [0.1, 0.15) is 12.0 Å². The van der Waals surface area contributed by atoms with Gasteiger partial charge < -0.3 is 14.4 Å². The van der Waals surface area contributed by atoms with Crippen LogP contribution >= 0.6 is 0 Å². The summed E-state index contributed by atoms with van der Waals surface area (Å²) < 4.78 is 34.5. The Hall–Kier alpha value is -2.54. The summed E-state index contributed by atoms with van der Waals surface area (Å²) in [4.78, 5) is 14.5. The average molecular weight is 389 g/mol. The van der Waals surface area contributed by atoms with E-state index in [0.29, 0.717) is 24.5 Å². The van der Waals surface area contributed by atoms with Crippen LogP contribution in [0, 0.1) is 0 Å². The fourth-order valence-electron chi connectivity index (χ4n) is 3.12. The molecule has 144 valence electrons. The molecule has 3 rings (SSSR count). The summed E-state index contributed by atoms with van der Waals surface area (Å²) in [6.07, 6.45) is 0.462. The molecule has 2 aromatic rings. The molecule has 2 aromatic carbocycles. The van der Waals surface area contributed by atoms with E-state index in [1.54, 1.807) is 36.3 Å². The van der Waals surface area contributed by atoms with Gasteiger partial charge in [0.25, 0.3) is 5.91 Å². The van der Waals surface area contributed by atoms with Crippen LogP contribution in [0.2, 0.25) is 0 Å². The highest BCUT2D eigenvalue weighted by molar-refractivity contribution is 7.91. The lowest BCUT2D eigenvalue weighted by molar-refractivity contribution is -0.136. The zero-order valence-electron chi connectivity index (χ0n) is 15.2. The summed E-state index contributed by atoms with van der Waals surface area (Å²) in [6.45, 7) is 0.224. The Labute approximate surface area is 159 Å². The number of hydrogen-bond acceptors (Lipinski definition) is 5. The number of ether oxygens (including phenoxy) is 2. The van der Waals surface area contributed by atoms with Crippen LogP contribution in [0.3, 0.4) is 0 Å². The Kier molecular flexibility index (Phi) is 6.01. The third-order valence-corrected chi connectivity index (χ3v) is 6.34. The maximum absolute atomic E-state index is 12.8. The number of sulfone groups is 1. The minimum absolute atomic E-state index is 0.00805. The molecule has 0 bridgehead atoms. The Balaban J connectivity index is 1.69. The molecule has 1 amide bonds. The van der Waals surface area contributed by atoms with Crippen molar-refractivity contribution in [2.75, 3.05) is 25.2 Å². The monoisotopic (exact) mass is 389 g/mol. The van der Waals surface area contributed by atoms with Gasteiger partial charge in [-0.2, -0.15) is 0 Å². The summed E-state index contributed by atoms with van der Waals surface area (Å²) in [6, 6.07) is 16.2. The van der Waals surface area contributed by atoms with Gasteiger partial charge >= 0.3 is 0 Å². The largest absolute Gasteiger partial charge is 0.497 e. The van der Waals surface area contributed by atoms with Crippen molar-refractivity contribution in [3.63, 3.8) is 0 Å². The number of nitrogens with zero attached hydrogens (tertiary/aromatic N) is 1. The SMILES string of the molecule is COc1ccc(OCC(=O)N(Cc2ccccc2)[C@@H]2CCS(=O)(=O)C2)cc1. The molecule has 1 fully saturated rings. The van der Waals surface area contributed by atoms with Crippen LogP contribution in [-0.2, 0) is 21.2 Å². The standard InChI is InChI=1S/C20H23NO5S/c1-25-18-7-9-19(10-8-18)26-14-20(22)21(13-16-5-3-2-4-6-16)17-11-12-27(23,24)15-17/h2-10,17H,11-15H2,1H3/t17-/m1/s1. The van der Waals surface area contributed by atoms with Crippen LogP contribution in [-0.4, -0.2) is 50.5 Å². The minimum Gasteiger partial charge on any atom is -0.497 e. The molecule has 6 nitrogen and oxygen atoms in total. The lowest BCUT2D eigenvalue weighted by Gasteiger charge is -2.28. The molecule has 1 atom stereocenters. The first-order valence-corrected chi connectivity index (χ1v) is 10.6. The Morgan fingerprint density at radius 1 is 1.07 bits per heavy atom. The van der Waals surface area contributed by atoms with Crippen LogP contribution in [0.15, 0.2) is 54.6 Å². The topological polar surface area (TPSA) is 72.9 Å². The van der Waals surface area contributed by atoms with Crippen molar-refractivity contribution in [3.8, 4) is 11.5 Å². The van der Waals surface area contributed by atoms with Gasteiger partial charge in [-0.05, 0) is 36.2 Å². The van der Waals surface area contributed by atoms with Crippen LogP contribution < -0.4 is 9.47 Å². The van der Waals surface area contributed by atoms with E-state index in [2.05, 4.69) is 0 Å². The number of methoxy groups -OCH3 is 1. The van der Waals surface area contributed by atoms with Crippen LogP contribution in [0.5, 0.6) is 11.5 Å². The van der Waals surface area contributed by atoms with Crippen LogP contribution in [0.25, 0.3) is 0 Å². The lowest BCUT2D eigenvalue weighted by Crippen LogP contribution is -2.43. The van der Waals surface area contributed by atoms with Crippen molar-refractivity contribution in [2.24, 2.45) is 0 Å². The van der Waals surface area contributed by atoms with E-state index in [-0.39, 0.29) is 30.1 Å². The van der Waals surface area contributed by atoms with E-state index < -0.39 is 9.84 Å². The third-order valence-electron chi connectivity index (χ3n) is 4.59. The van der Waals surface area contributed by atoms with Crippen molar-refractivity contribution >= 4 is 15.7 Å². The highest BCUT2D eigenvalue weighted by Gasteiger charge is 2.34. The molecule has 0 saturated carbocycles.